The van der Waals surface area contributed by atoms with Crippen LogP contribution in [0.5, 0.6) is 0 Å². The summed E-state index contributed by atoms with van der Waals surface area (Å²) in [6.07, 6.45) is 1.63. The van der Waals surface area contributed by atoms with Gasteiger partial charge in [0, 0.05) is 25.5 Å². The Hall–Kier alpha value is -1.58. The molecule has 4 nitrogen and oxygen atoms in total. The van der Waals surface area contributed by atoms with Crippen molar-refractivity contribution in [2.45, 2.75) is 13.8 Å². The predicted octanol–water partition coefficient (Wildman–Crippen LogP) is 1.51. The molecule has 1 rings (SSSR count). The maximum atomic E-state index is 11.3. The standard InChI is InChI=1S/C11H17N3O/c1-8(2)7-14-9-4-5-13-10(6-9)11(15)12-3/h4-6,8H,7H2,1-3H3,(H,12,15)(H,13,14). The van der Waals surface area contributed by atoms with E-state index in [9.17, 15) is 4.79 Å². The Kier molecular flexibility index (Phi) is 4.09. The predicted molar refractivity (Wildman–Crippen MR) is 61.0 cm³/mol. The first-order valence-corrected chi connectivity index (χ1v) is 5.05. The van der Waals surface area contributed by atoms with Crippen LogP contribution in [0.3, 0.4) is 0 Å². The van der Waals surface area contributed by atoms with Crippen LogP contribution in [0.4, 0.5) is 5.69 Å². The third-order valence-electron chi connectivity index (χ3n) is 1.93. The molecule has 82 valence electrons. The number of aromatic nitrogens is 1. The maximum absolute atomic E-state index is 11.3. The second kappa shape index (κ2) is 5.34. The van der Waals surface area contributed by atoms with Gasteiger partial charge in [0.25, 0.3) is 5.91 Å². The Labute approximate surface area is 90.1 Å². The van der Waals surface area contributed by atoms with Gasteiger partial charge in [-0.05, 0) is 18.1 Å². The highest BCUT2D eigenvalue weighted by Gasteiger charge is 2.05. The van der Waals surface area contributed by atoms with Gasteiger partial charge in [-0.1, -0.05) is 13.8 Å². The number of anilines is 1. The highest BCUT2D eigenvalue weighted by atomic mass is 16.1. The Morgan fingerprint density at radius 1 is 1.53 bits per heavy atom. The monoisotopic (exact) mass is 207 g/mol. The lowest BCUT2D eigenvalue weighted by molar-refractivity contribution is 0.0958. The SMILES string of the molecule is CNC(=O)c1cc(NCC(C)C)ccn1. The van der Waals surface area contributed by atoms with Crippen LogP contribution >= 0.6 is 0 Å². The molecule has 0 saturated carbocycles. The first-order chi connectivity index (χ1) is 7.13. The quantitative estimate of drug-likeness (QED) is 0.786. The lowest BCUT2D eigenvalue weighted by atomic mass is 10.2. The van der Waals surface area contributed by atoms with Gasteiger partial charge in [0.1, 0.15) is 5.69 Å². The zero-order valence-electron chi connectivity index (χ0n) is 9.37. The molecule has 1 aromatic heterocycles. The molecule has 1 heterocycles. The third kappa shape index (κ3) is 3.58. The number of rotatable bonds is 4. The summed E-state index contributed by atoms with van der Waals surface area (Å²) in [7, 11) is 1.60. The van der Waals surface area contributed by atoms with Crippen LogP contribution in [0.15, 0.2) is 18.3 Å². The minimum atomic E-state index is -0.164. The van der Waals surface area contributed by atoms with Crippen molar-refractivity contribution in [1.82, 2.24) is 10.3 Å². The molecule has 0 aliphatic carbocycles. The maximum Gasteiger partial charge on any atom is 0.269 e. The number of hydrogen-bond acceptors (Lipinski definition) is 3. The van der Waals surface area contributed by atoms with Crippen LogP contribution in [-0.4, -0.2) is 24.5 Å². The molecule has 1 amide bonds. The molecule has 0 atom stereocenters. The Morgan fingerprint density at radius 3 is 2.87 bits per heavy atom. The van der Waals surface area contributed by atoms with Crippen molar-refractivity contribution >= 4 is 11.6 Å². The molecule has 4 heteroatoms. The normalized spacial score (nSPS) is 10.1. The Morgan fingerprint density at radius 2 is 2.27 bits per heavy atom. The van der Waals surface area contributed by atoms with Crippen molar-refractivity contribution in [3.8, 4) is 0 Å². The van der Waals surface area contributed by atoms with E-state index in [-0.39, 0.29) is 5.91 Å². The summed E-state index contributed by atoms with van der Waals surface area (Å²) in [5.74, 6) is 0.407. The Bertz CT molecular complexity index is 336. The van der Waals surface area contributed by atoms with Crippen molar-refractivity contribution in [2.24, 2.45) is 5.92 Å². The molecule has 0 fully saturated rings. The smallest absolute Gasteiger partial charge is 0.269 e. The van der Waals surface area contributed by atoms with Crippen molar-refractivity contribution in [3.05, 3.63) is 24.0 Å². The van der Waals surface area contributed by atoms with E-state index < -0.39 is 0 Å². The first-order valence-electron chi connectivity index (χ1n) is 5.05. The van der Waals surface area contributed by atoms with Gasteiger partial charge in [0.05, 0.1) is 0 Å². The van der Waals surface area contributed by atoms with Crippen LogP contribution < -0.4 is 10.6 Å². The molecule has 0 aliphatic heterocycles. The van der Waals surface area contributed by atoms with Crippen LogP contribution in [0, 0.1) is 5.92 Å². The zero-order valence-corrected chi connectivity index (χ0v) is 9.37. The summed E-state index contributed by atoms with van der Waals surface area (Å²) in [5.41, 5.74) is 1.36. The van der Waals surface area contributed by atoms with Gasteiger partial charge in [-0.25, -0.2) is 0 Å². The van der Waals surface area contributed by atoms with E-state index in [0.717, 1.165) is 12.2 Å². The summed E-state index contributed by atoms with van der Waals surface area (Å²) in [6.45, 7) is 5.15. The molecule has 0 spiro atoms. The average Bonchev–Trinajstić information content (AvgIpc) is 2.25. The first kappa shape index (κ1) is 11.5. The van der Waals surface area contributed by atoms with Crippen LogP contribution in [0.25, 0.3) is 0 Å². The van der Waals surface area contributed by atoms with Gasteiger partial charge >= 0.3 is 0 Å². The summed E-state index contributed by atoms with van der Waals surface area (Å²) in [4.78, 5) is 15.3. The summed E-state index contributed by atoms with van der Waals surface area (Å²) >= 11 is 0. The fourth-order valence-corrected chi connectivity index (χ4v) is 1.11. The summed E-state index contributed by atoms with van der Waals surface area (Å²) in [5, 5.41) is 5.79. The molecule has 2 N–H and O–H groups in total. The highest BCUT2D eigenvalue weighted by molar-refractivity contribution is 5.92. The number of nitrogens with zero attached hydrogens (tertiary/aromatic N) is 1. The number of nitrogens with one attached hydrogen (secondary N) is 2. The van der Waals surface area contributed by atoms with E-state index in [4.69, 9.17) is 0 Å². The minimum absolute atomic E-state index is 0.164. The molecule has 0 aromatic carbocycles. The molecule has 0 aliphatic rings. The molecule has 15 heavy (non-hydrogen) atoms. The highest BCUT2D eigenvalue weighted by Crippen LogP contribution is 2.08. The number of hydrogen-bond donors (Lipinski definition) is 2. The number of amides is 1. The molecule has 0 unspecified atom stereocenters. The lowest BCUT2D eigenvalue weighted by Gasteiger charge is -2.09. The molecule has 0 bridgehead atoms. The fraction of sp³-hybridized carbons (Fsp3) is 0.455. The van der Waals surface area contributed by atoms with Crippen LogP contribution in [0.2, 0.25) is 0 Å². The van der Waals surface area contributed by atoms with E-state index in [0.29, 0.717) is 11.6 Å². The molecule has 1 aromatic rings. The van der Waals surface area contributed by atoms with Crippen LogP contribution in [0.1, 0.15) is 24.3 Å². The largest absolute Gasteiger partial charge is 0.385 e. The second-order valence-corrected chi connectivity index (χ2v) is 3.78. The van der Waals surface area contributed by atoms with Gasteiger partial charge in [-0.15, -0.1) is 0 Å². The molecular formula is C11H17N3O. The van der Waals surface area contributed by atoms with Crippen molar-refractivity contribution < 1.29 is 4.79 Å². The van der Waals surface area contributed by atoms with Gasteiger partial charge in [-0.2, -0.15) is 0 Å². The molecular weight excluding hydrogens is 190 g/mol. The van der Waals surface area contributed by atoms with E-state index in [1.165, 1.54) is 0 Å². The number of carbonyl (C=O) groups excluding carboxylic acids is 1. The van der Waals surface area contributed by atoms with Gasteiger partial charge < -0.3 is 10.6 Å². The third-order valence-corrected chi connectivity index (χ3v) is 1.93. The number of pyridine rings is 1. The minimum Gasteiger partial charge on any atom is -0.385 e. The molecule has 0 saturated heterocycles. The van der Waals surface area contributed by atoms with Crippen molar-refractivity contribution in [1.29, 1.82) is 0 Å². The van der Waals surface area contributed by atoms with E-state index in [1.807, 2.05) is 6.07 Å². The van der Waals surface area contributed by atoms with E-state index in [2.05, 4.69) is 29.5 Å². The van der Waals surface area contributed by atoms with Crippen LogP contribution in [-0.2, 0) is 0 Å². The number of carbonyl (C=O) groups is 1. The zero-order chi connectivity index (χ0) is 11.3. The van der Waals surface area contributed by atoms with Gasteiger partial charge in [0.15, 0.2) is 0 Å². The van der Waals surface area contributed by atoms with Gasteiger partial charge in [-0.3, -0.25) is 9.78 Å². The van der Waals surface area contributed by atoms with Crippen molar-refractivity contribution in [3.63, 3.8) is 0 Å². The van der Waals surface area contributed by atoms with E-state index >= 15 is 0 Å². The Balaban J connectivity index is 2.70. The van der Waals surface area contributed by atoms with Gasteiger partial charge in [0.2, 0.25) is 0 Å². The summed E-state index contributed by atoms with van der Waals surface area (Å²) < 4.78 is 0. The van der Waals surface area contributed by atoms with Crippen molar-refractivity contribution in [2.75, 3.05) is 18.9 Å². The fourth-order valence-electron chi connectivity index (χ4n) is 1.11. The second-order valence-electron chi connectivity index (χ2n) is 3.78. The van der Waals surface area contributed by atoms with E-state index in [1.54, 1.807) is 19.3 Å². The topological polar surface area (TPSA) is 54.0 Å². The molecule has 0 radical (unpaired) electrons. The summed E-state index contributed by atoms with van der Waals surface area (Å²) in [6, 6.07) is 3.61. The lowest BCUT2D eigenvalue weighted by Crippen LogP contribution is -2.19. The average molecular weight is 207 g/mol.